The molecule has 2 aromatic carbocycles. The largest absolute Gasteiger partial charge is 0.353 e. The molecular formula is C30H39N7O3S. The van der Waals surface area contributed by atoms with Crippen molar-refractivity contribution >= 4 is 34.7 Å². The first-order valence-corrected chi connectivity index (χ1v) is 14.6. The first-order valence-electron chi connectivity index (χ1n) is 13.8. The minimum absolute atomic E-state index is 0.0445. The highest BCUT2D eigenvalue weighted by atomic mass is 32.1. The normalized spacial score (nSPS) is 12.6. The summed E-state index contributed by atoms with van der Waals surface area (Å²) >= 11 is 1.41. The Morgan fingerprint density at radius 1 is 1.00 bits per heavy atom. The number of nitrogens with one attached hydrogen (secondary N) is 2. The van der Waals surface area contributed by atoms with E-state index in [0.29, 0.717) is 31.9 Å². The summed E-state index contributed by atoms with van der Waals surface area (Å²) in [7, 11) is 5.19. The molecule has 0 fully saturated rings. The van der Waals surface area contributed by atoms with Crippen LogP contribution in [0.1, 0.15) is 34.1 Å². The number of amides is 3. The van der Waals surface area contributed by atoms with Crippen LogP contribution in [0.5, 0.6) is 0 Å². The molecular weight excluding hydrogens is 538 g/mol. The van der Waals surface area contributed by atoms with Crippen molar-refractivity contribution in [1.82, 2.24) is 30.5 Å². The third kappa shape index (κ3) is 7.49. The van der Waals surface area contributed by atoms with Crippen LogP contribution in [0, 0.1) is 6.92 Å². The number of hydrazine groups is 1. The Kier molecular flexibility index (Phi) is 10.1. The standard InChI is InChI=1S/C30H39N7O3S/c1-6-31-13-14-32-27(38)18-36(19-28(39)35(5)37-16-23-9-7-8-10-24(23)17-37)26-12-11-22(15-21(26)2)29-33-25(20-41-29)30(40)34(3)4/h7-12,15,20,31H,6,13-14,16-19H2,1-5H3,(H,32,38). The van der Waals surface area contributed by atoms with Crippen molar-refractivity contribution in [1.29, 1.82) is 0 Å². The van der Waals surface area contributed by atoms with E-state index in [1.165, 1.54) is 27.4 Å². The van der Waals surface area contributed by atoms with Gasteiger partial charge in [-0.15, -0.1) is 11.3 Å². The maximum absolute atomic E-state index is 13.5. The van der Waals surface area contributed by atoms with E-state index in [2.05, 4.69) is 27.8 Å². The van der Waals surface area contributed by atoms with Crippen molar-refractivity contribution < 1.29 is 14.4 Å². The fourth-order valence-electron chi connectivity index (χ4n) is 4.75. The predicted octanol–water partition coefficient (Wildman–Crippen LogP) is 2.74. The number of hydrogen-bond donors (Lipinski definition) is 2. The van der Waals surface area contributed by atoms with Crippen LogP contribution in [0.25, 0.3) is 10.6 Å². The highest BCUT2D eigenvalue weighted by molar-refractivity contribution is 7.13. The van der Waals surface area contributed by atoms with Gasteiger partial charge in [0, 0.05) is 64.0 Å². The zero-order valence-electron chi connectivity index (χ0n) is 24.4. The van der Waals surface area contributed by atoms with Gasteiger partial charge in [0.1, 0.15) is 10.7 Å². The number of anilines is 1. The Balaban J connectivity index is 1.52. The lowest BCUT2D eigenvalue weighted by Gasteiger charge is -2.32. The number of carbonyl (C=O) groups excluding carboxylic acids is 3. The topological polar surface area (TPSA) is 101 Å². The van der Waals surface area contributed by atoms with Crippen LogP contribution in [-0.4, -0.2) is 91.5 Å². The summed E-state index contributed by atoms with van der Waals surface area (Å²) in [6.45, 7) is 7.43. The van der Waals surface area contributed by atoms with Gasteiger partial charge in [-0.2, -0.15) is 0 Å². The Hall–Kier alpha value is -3.80. The van der Waals surface area contributed by atoms with E-state index in [-0.39, 0.29) is 30.8 Å². The van der Waals surface area contributed by atoms with Crippen LogP contribution >= 0.6 is 11.3 Å². The number of hydrogen-bond acceptors (Lipinski definition) is 8. The van der Waals surface area contributed by atoms with E-state index < -0.39 is 0 Å². The molecule has 0 radical (unpaired) electrons. The minimum Gasteiger partial charge on any atom is -0.353 e. The van der Waals surface area contributed by atoms with E-state index in [9.17, 15) is 14.4 Å². The second-order valence-electron chi connectivity index (χ2n) is 10.3. The van der Waals surface area contributed by atoms with E-state index in [4.69, 9.17) is 0 Å². The Bertz CT molecular complexity index is 1360. The molecule has 10 nitrogen and oxygen atoms in total. The summed E-state index contributed by atoms with van der Waals surface area (Å²) in [4.78, 5) is 46.6. The summed E-state index contributed by atoms with van der Waals surface area (Å²) < 4.78 is 0. The van der Waals surface area contributed by atoms with E-state index in [1.807, 2.05) is 54.1 Å². The van der Waals surface area contributed by atoms with Gasteiger partial charge in [0.05, 0.1) is 13.1 Å². The first-order chi connectivity index (χ1) is 19.7. The van der Waals surface area contributed by atoms with Crippen LogP contribution in [0.15, 0.2) is 47.8 Å². The molecule has 11 heteroatoms. The fourth-order valence-corrected chi connectivity index (χ4v) is 5.54. The minimum atomic E-state index is -0.151. The molecule has 0 bridgehead atoms. The monoisotopic (exact) mass is 577 g/mol. The quantitative estimate of drug-likeness (QED) is 0.319. The lowest BCUT2D eigenvalue weighted by Crippen LogP contribution is -2.48. The molecule has 4 rings (SSSR count). The van der Waals surface area contributed by atoms with Crippen LogP contribution in [-0.2, 0) is 22.7 Å². The molecule has 0 spiro atoms. The summed E-state index contributed by atoms with van der Waals surface area (Å²) in [5, 5.41) is 12.3. The lowest BCUT2D eigenvalue weighted by molar-refractivity contribution is -0.145. The highest BCUT2D eigenvalue weighted by Crippen LogP contribution is 2.30. The molecule has 0 saturated carbocycles. The van der Waals surface area contributed by atoms with Gasteiger partial charge in [-0.1, -0.05) is 31.2 Å². The SMILES string of the molecule is CCNCCNC(=O)CN(CC(=O)N(C)N1Cc2ccccc2C1)c1ccc(-c2nc(C(=O)N(C)C)cs2)cc1C. The smallest absolute Gasteiger partial charge is 0.272 e. The molecule has 0 saturated heterocycles. The van der Waals surface area contributed by atoms with Crippen LogP contribution < -0.4 is 15.5 Å². The van der Waals surface area contributed by atoms with Gasteiger partial charge in [-0.05, 0) is 48.4 Å². The number of aryl methyl sites for hydroxylation is 1. The number of likely N-dealkylation sites (N-methyl/N-ethyl adjacent to an activating group) is 2. The maximum atomic E-state index is 13.5. The Labute approximate surface area is 245 Å². The maximum Gasteiger partial charge on any atom is 0.272 e. The van der Waals surface area contributed by atoms with Gasteiger partial charge in [-0.3, -0.25) is 19.4 Å². The first kappa shape index (κ1) is 30.2. The number of thiazole rings is 1. The zero-order valence-corrected chi connectivity index (χ0v) is 25.3. The van der Waals surface area contributed by atoms with E-state index >= 15 is 0 Å². The van der Waals surface area contributed by atoms with Gasteiger partial charge >= 0.3 is 0 Å². The molecule has 2 N–H and O–H groups in total. The number of rotatable bonds is 12. The van der Waals surface area contributed by atoms with Gasteiger partial charge in [0.15, 0.2) is 0 Å². The van der Waals surface area contributed by atoms with E-state index in [0.717, 1.165) is 28.4 Å². The second kappa shape index (κ2) is 13.7. The van der Waals surface area contributed by atoms with Gasteiger partial charge in [0.2, 0.25) is 5.91 Å². The molecule has 218 valence electrons. The van der Waals surface area contributed by atoms with Crippen LogP contribution in [0.4, 0.5) is 5.69 Å². The Morgan fingerprint density at radius 3 is 2.34 bits per heavy atom. The molecule has 1 aromatic heterocycles. The van der Waals surface area contributed by atoms with Gasteiger partial charge < -0.3 is 20.4 Å². The van der Waals surface area contributed by atoms with Gasteiger partial charge in [0.25, 0.3) is 11.8 Å². The number of nitrogens with zero attached hydrogens (tertiary/aromatic N) is 5. The average molecular weight is 578 g/mol. The molecule has 0 unspecified atom stereocenters. The van der Waals surface area contributed by atoms with Gasteiger partial charge in [-0.25, -0.2) is 9.99 Å². The number of carbonyl (C=O) groups is 3. The number of benzene rings is 2. The highest BCUT2D eigenvalue weighted by Gasteiger charge is 2.27. The van der Waals surface area contributed by atoms with Crippen molar-refractivity contribution in [2.45, 2.75) is 26.9 Å². The van der Waals surface area contributed by atoms with Crippen LogP contribution in [0.3, 0.4) is 0 Å². The van der Waals surface area contributed by atoms with Crippen molar-refractivity contribution in [2.24, 2.45) is 0 Å². The average Bonchev–Trinajstić information content (AvgIpc) is 3.62. The zero-order chi connectivity index (χ0) is 29.5. The fraction of sp³-hybridized carbons (Fsp3) is 0.400. The van der Waals surface area contributed by atoms with Crippen molar-refractivity contribution in [3.63, 3.8) is 0 Å². The number of fused-ring (bicyclic) bond motifs is 1. The summed E-state index contributed by atoms with van der Waals surface area (Å²) in [6, 6.07) is 14.0. The van der Waals surface area contributed by atoms with Crippen molar-refractivity contribution in [2.75, 3.05) is 58.8 Å². The van der Waals surface area contributed by atoms with E-state index in [1.54, 1.807) is 31.5 Å². The summed E-state index contributed by atoms with van der Waals surface area (Å²) in [6.07, 6.45) is 0. The second-order valence-corrected chi connectivity index (χ2v) is 11.2. The molecule has 1 aliphatic heterocycles. The molecule has 0 atom stereocenters. The molecule has 1 aliphatic rings. The summed E-state index contributed by atoms with van der Waals surface area (Å²) in [5.74, 6) is -0.397. The van der Waals surface area contributed by atoms with Crippen LogP contribution in [0.2, 0.25) is 0 Å². The summed E-state index contributed by atoms with van der Waals surface area (Å²) in [5.41, 5.74) is 5.42. The predicted molar refractivity (Wildman–Crippen MR) is 163 cm³/mol. The lowest BCUT2D eigenvalue weighted by atomic mass is 10.1. The van der Waals surface area contributed by atoms with Crippen molar-refractivity contribution in [3.8, 4) is 10.6 Å². The number of aromatic nitrogens is 1. The molecule has 0 aliphatic carbocycles. The third-order valence-corrected chi connectivity index (χ3v) is 7.95. The molecule has 41 heavy (non-hydrogen) atoms. The molecule has 3 amide bonds. The van der Waals surface area contributed by atoms with Crippen molar-refractivity contribution in [3.05, 3.63) is 70.2 Å². The third-order valence-electron chi connectivity index (χ3n) is 7.06. The molecule has 2 heterocycles. The Morgan fingerprint density at radius 2 is 1.71 bits per heavy atom. The molecule has 3 aromatic rings.